The van der Waals surface area contributed by atoms with Crippen LogP contribution >= 0.6 is 15.9 Å². The van der Waals surface area contributed by atoms with Crippen molar-refractivity contribution < 1.29 is 4.74 Å². The number of ether oxygens (including phenoxy) is 1. The highest BCUT2D eigenvalue weighted by atomic mass is 79.9. The Hall–Kier alpha value is -0.870. The van der Waals surface area contributed by atoms with Crippen LogP contribution < -0.4 is 5.73 Å². The van der Waals surface area contributed by atoms with Crippen LogP contribution in [0, 0.1) is 0 Å². The van der Waals surface area contributed by atoms with Crippen molar-refractivity contribution in [3.8, 4) is 0 Å². The molecular formula is C10H11BrN2O. The molecule has 1 aliphatic rings. The zero-order valence-corrected chi connectivity index (χ0v) is 9.25. The van der Waals surface area contributed by atoms with Crippen LogP contribution in [0.5, 0.6) is 0 Å². The summed E-state index contributed by atoms with van der Waals surface area (Å²) in [6.07, 6.45) is 4.67. The number of anilines is 1. The third-order valence-electron chi connectivity index (χ3n) is 2.19. The summed E-state index contributed by atoms with van der Waals surface area (Å²) >= 11 is 3.39. The van der Waals surface area contributed by atoms with Crippen molar-refractivity contribution in [3.05, 3.63) is 28.4 Å². The van der Waals surface area contributed by atoms with E-state index in [1.807, 2.05) is 6.07 Å². The number of hydrogen-bond acceptors (Lipinski definition) is 3. The number of aromatic nitrogens is 1. The summed E-state index contributed by atoms with van der Waals surface area (Å²) in [5.41, 5.74) is 8.05. The lowest BCUT2D eigenvalue weighted by atomic mass is 10.0. The molecule has 0 spiro atoms. The molecule has 0 radical (unpaired) electrons. The lowest BCUT2D eigenvalue weighted by molar-refractivity contribution is 0.161. The first kappa shape index (κ1) is 9.68. The van der Waals surface area contributed by atoms with Gasteiger partial charge in [0, 0.05) is 16.2 Å². The predicted octanol–water partition coefficient (Wildman–Crippen LogP) is 2.23. The Morgan fingerprint density at radius 1 is 1.50 bits per heavy atom. The highest BCUT2D eigenvalue weighted by Gasteiger charge is 2.10. The number of halogens is 1. The summed E-state index contributed by atoms with van der Waals surface area (Å²) in [7, 11) is 0. The summed E-state index contributed by atoms with van der Waals surface area (Å²) in [6.45, 7) is 1.43. The quantitative estimate of drug-likeness (QED) is 0.837. The van der Waals surface area contributed by atoms with Crippen LogP contribution in [0.4, 0.5) is 5.82 Å². The van der Waals surface area contributed by atoms with Gasteiger partial charge in [-0.1, -0.05) is 6.08 Å². The maximum atomic E-state index is 5.81. The van der Waals surface area contributed by atoms with E-state index < -0.39 is 0 Å². The fraction of sp³-hybridized carbons (Fsp3) is 0.300. The predicted molar refractivity (Wildman–Crippen MR) is 59.8 cm³/mol. The maximum Gasteiger partial charge on any atom is 0.130 e. The van der Waals surface area contributed by atoms with Gasteiger partial charge in [0.1, 0.15) is 5.82 Å². The van der Waals surface area contributed by atoms with Gasteiger partial charge in [-0.05, 0) is 34.0 Å². The minimum absolute atomic E-state index is 0.585. The summed E-state index contributed by atoms with van der Waals surface area (Å²) in [5.74, 6) is 0.585. The van der Waals surface area contributed by atoms with E-state index in [0.717, 1.165) is 23.1 Å². The molecule has 0 atom stereocenters. The number of pyridine rings is 1. The van der Waals surface area contributed by atoms with Crippen molar-refractivity contribution in [1.29, 1.82) is 0 Å². The molecule has 1 aromatic rings. The first-order chi connectivity index (χ1) is 6.77. The number of hydrogen-bond donors (Lipinski definition) is 1. The first-order valence-electron chi connectivity index (χ1n) is 4.45. The summed E-state index contributed by atoms with van der Waals surface area (Å²) in [4.78, 5) is 4.10. The molecule has 0 amide bonds. The third-order valence-corrected chi connectivity index (χ3v) is 2.63. The minimum Gasteiger partial charge on any atom is -0.383 e. The van der Waals surface area contributed by atoms with Crippen LogP contribution in [0.2, 0.25) is 0 Å². The number of nitrogens with zero attached hydrogens (tertiary/aromatic N) is 1. The molecule has 1 aromatic heterocycles. The molecule has 4 heteroatoms. The molecule has 14 heavy (non-hydrogen) atoms. The van der Waals surface area contributed by atoms with Gasteiger partial charge in [0.05, 0.1) is 13.2 Å². The standard InChI is InChI=1S/C10H11BrN2O/c11-8-5-9(10(12)13-6-8)7-1-3-14-4-2-7/h1,5-6H,2-4H2,(H2,12,13). The van der Waals surface area contributed by atoms with Gasteiger partial charge in [-0.15, -0.1) is 0 Å². The Balaban J connectivity index is 2.39. The van der Waals surface area contributed by atoms with Gasteiger partial charge in [-0.2, -0.15) is 0 Å². The average molecular weight is 255 g/mol. The van der Waals surface area contributed by atoms with Gasteiger partial charge >= 0.3 is 0 Å². The monoisotopic (exact) mass is 254 g/mol. The van der Waals surface area contributed by atoms with Crippen molar-refractivity contribution in [1.82, 2.24) is 4.98 Å². The molecule has 2 heterocycles. The molecule has 0 saturated heterocycles. The molecule has 0 unspecified atom stereocenters. The van der Waals surface area contributed by atoms with E-state index in [2.05, 4.69) is 27.0 Å². The van der Waals surface area contributed by atoms with Crippen LogP contribution in [0.25, 0.3) is 5.57 Å². The normalized spacial score (nSPS) is 16.5. The Bertz CT molecular complexity index is 376. The molecule has 0 aromatic carbocycles. The van der Waals surface area contributed by atoms with Crippen LogP contribution in [-0.2, 0) is 4.74 Å². The fourth-order valence-corrected chi connectivity index (χ4v) is 1.81. The van der Waals surface area contributed by atoms with Gasteiger partial charge in [0.25, 0.3) is 0 Å². The molecule has 3 nitrogen and oxygen atoms in total. The SMILES string of the molecule is Nc1ncc(Br)cc1C1=CCOCC1. The number of rotatable bonds is 1. The van der Waals surface area contributed by atoms with Crippen molar-refractivity contribution in [2.75, 3.05) is 18.9 Å². The Morgan fingerprint density at radius 3 is 3.07 bits per heavy atom. The van der Waals surface area contributed by atoms with Crippen LogP contribution in [-0.4, -0.2) is 18.2 Å². The van der Waals surface area contributed by atoms with E-state index in [1.165, 1.54) is 5.57 Å². The second-order valence-electron chi connectivity index (χ2n) is 3.14. The van der Waals surface area contributed by atoms with Crippen LogP contribution in [0.1, 0.15) is 12.0 Å². The Labute approximate surface area is 91.1 Å². The van der Waals surface area contributed by atoms with Crippen molar-refractivity contribution in [3.63, 3.8) is 0 Å². The van der Waals surface area contributed by atoms with Gasteiger partial charge < -0.3 is 10.5 Å². The van der Waals surface area contributed by atoms with Crippen molar-refractivity contribution in [2.24, 2.45) is 0 Å². The lowest BCUT2D eigenvalue weighted by Gasteiger charge is -2.14. The molecule has 0 saturated carbocycles. The van der Waals surface area contributed by atoms with Gasteiger partial charge in [-0.25, -0.2) is 4.98 Å². The molecular weight excluding hydrogens is 244 g/mol. The van der Waals surface area contributed by atoms with Crippen LogP contribution in [0.3, 0.4) is 0 Å². The van der Waals surface area contributed by atoms with Gasteiger partial charge in [-0.3, -0.25) is 0 Å². The Morgan fingerprint density at radius 2 is 2.36 bits per heavy atom. The highest BCUT2D eigenvalue weighted by Crippen LogP contribution is 2.27. The summed E-state index contributed by atoms with van der Waals surface area (Å²) in [6, 6.07) is 2.00. The fourth-order valence-electron chi connectivity index (χ4n) is 1.48. The van der Waals surface area contributed by atoms with Gasteiger partial charge in [0.2, 0.25) is 0 Å². The zero-order chi connectivity index (χ0) is 9.97. The molecule has 2 rings (SSSR count). The second-order valence-corrected chi connectivity index (χ2v) is 4.06. The molecule has 74 valence electrons. The van der Waals surface area contributed by atoms with E-state index in [9.17, 15) is 0 Å². The maximum absolute atomic E-state index is 5.81. The molecule has 2 N–H and O–H groups in total. The van der Waals surface area contributed by atoms with E-state index >= 15 is 0 Å². The van der Waals surface area contributed by atoms with E-state index in [-0.39, 0.29) is 0 Å². The molecule has 0 bridgehead atoms. The van der Waals surface area contributed by atoms with Crippen molar-refractivity contribution >= 4 is 27.3 Å². The molecule has 0 fully saturated rings. The summed E-state index contributed by atoms with van der Waals surface area (Å²) in [5, 5.41) is 0. The van der Waals surface area contributed by atoms with Crippen LogP contribution in [0.15, 0.2) is 22.8 Å². The summed E-state index contributed by atoms with van der Waals surface area (Å²) < 4.78 is 6.19. The number of nitrogen functional groups attached to an aromatic ring is 1. The molecule has 0 aliphatic carbocycles. The Kier molecular flexibility index (Phi) is 2.84. The highest BCUT2D eigenvalue weighted by molar-refractivity contribution is 9.10. The topological polar surface area (TPSA) is 48.1 Å². The zero-order valence-electron chi connectivity index (χ0n) is 7.66. The molecule has 1 aliphatic heterocycles. The van der Waals surface area contributed by atoms with E-state index in [0.29, 0.717) is 12.4 Å². The van der Waals surface area contributed by atoms with E-state index in [4.69, 9.17) is 10.5 Å². The third kappa shape index (κ3) is 1.96. The van der Waals surface area contributed by atoms with Gasteiger partial charge in [0.15, 0.2) is 0 Å². The lowest BCUT2D eigenvalue weighted by Crippen LogP contribution is -2.06. The largest absolute Gasteiger partial charge is 0.383 e. The second kappa shape index (κ2) is 4.11. The smallest absolute Gasteiger partial charge is 0.130 e. The van der Waals surface area contributed by atoms with E-state index in [1.54, 1.807) is 6.20 Å². The first-order valence-corrected chi connectivity index (χ1v) is 5.25. The minimum atomic E-state index is 0.585. The van der Waals surface area contributed by atoms with Crippen molar-refractivity contribution in [2.45, 2.75) is 6.42 Å². The number of nitrogens with two attached hydrogens (primary N) is 1. The average Bonchev–Trinajstić information content (AvgIpc) is 2.23.